The second kappa shape index (κ2) is 4.59. The van der Waals surface area contributed by atoms with Crippen LogP contribution in [0, 0.1) is 6.92 Å². The van der Waals surface area contributed by atoms with E-state index in [0.29, 0.717) is 0 Å². The van der Waals surface area contributed by atoms with E-state index in [1.807, 2.05) is 7.05 Å². The predicted octanol–water partition coefficient (Wildman–Crippen LogP) is 2.21. The van der Waals surface area contributed by atoms with Crippen LogP contribution in [-0.2, 0) is 6.42 Å². The molecule has 0 fully saturated rings. The molecule has 4 heteroatoms. The maximum atomic E-state index is 4.37. The van der Waals surface area contributed by atoms with E-state index in [0.717, 1.165) is 18.7 Å². The van der Waals surface area contributed by atoms with Gasteiger partial charge in [-0.25, -0.2) is 0 Å². The minimum atomic E-state index is 0.979. The van der Waals surface area contributed by atoms with Crippen molar-refractivity contribution >= 4 is 11.3 Å². The molecular formula is C11H15N3S. The molecule has 2 N–H and O–H groups in total. The number of aromatic amines is 1. The minimum Gasteiger partial charge on any atom is -0.319 e. The maximum Gasteiger partial charge on any atom is 0.105 e. The summed E-state index contributed by atoms with van der Waals surface area (Å²) in [5.41, 5.74) is 3.59. The number of rotatable bonds is 4. The zero-order valence-corrected chi connectivity index (χ0v) is 9.82. The molecule has 2 rings (SSSR count). The summed E-state index contributed by atoms with van der Waals surface area (Å²) in [7, 11) is 1.96. The quantitative estimate of drug-likeness (QED) is 0.831. The third-order valence-corrected chi connectivity index (χ3v) is 3.37. The molecule has 15 heavy (non-hydrogen) atoms. The molecule has 0 saturated carbocycles. The summed E-state index contributed by atoms with van der Waals surface area (Å²) in [5, 5.41) is 12.7. The number of nitrogens with one attached hydrogen (secondary N) is 2. The molecule has 0 bridgehead atoms. The Balaban J connectivity index is 2.24. The number of aromatic nitrogens is 2. The molecule has 0 unspecified atom stereocenters. The first-order chi connectivity index (χ1) is 7.33. The lowest BCUT2D eigenvalue weighted by atomic mass is 10.1. The number of likely N-dealkylation sites (N-methyl/N-ethyl adjacent to an activating group) is 1. The van der Waals surface area contributed by atoms with Crippen molar-refractivity contribution in [1.82, 2.24) is 15.5 Å². The van der Waals surface area contributed by atoms with Gasteiger partial charge in [-0.2, -0.15) is 5.10 Å². The fourth-order valence-corrected chi connectivity index (χ4v) is 2.35. The Bertz CT molecular complexity index is 417. The van der Waals surface area contributed by atoms with Gasteiger partial charge >= 0.3 is 0 Å². The van der Waals surface area contributed by atoms with Crippen LogP contribution in [0.15, 0.2) is 17.5 Å². The van der Waals surface area contributed by atoms with E-state index in [1.165, 1.54) is 16.1 Å². The summed E-state index contributed by atoms with van der Waals surface area (Å²) in [6.45, 7) is 3.11. The van der Waals surface area contributed by atoms with Crippen LogP contribution in [0.1, 0.15) is 11.3 Å². The molecule has 0 radical (unpaired) electrons. The van der Waals surface area contributed by atoms with Gasteiger partial charge in [-0.15, -0.1) is 11.3 Å². The van der Waals surface area contributed by atoms with Crippen molar-refractivity contribution in [3.63, 3.8) is 0 Å². The molecule has 0 saturated heterocycles. The van der Waals surface area contributed by atoms with Gasteiger partial charge in [0, 0.05) is 18.7 Å². The highest BCUT2D eigenvalue weighted by Gasteiger charge is 2.10. The van der Waals surface area contributed by atoms with Gasteiger partial charge in [0.1, 0.15) is 5.69 Å². The lowest BCUT2D eigenvalue weighted by Gasteiger charge is -1.98. The first-order valence-electron chi connectivity index (χ1n) is 5.05. The van der Waals surface area contributed by atoms with Gasteiger partial charge in [0.2, 0.25) is 0 Å². The van der Waals surface area contributed by atoms with Crippen LogP contribution >= 0.6 is 11.3 Å². The second-order valence-corrected chi connectivity index (χ2v) is 4.45. The first-order valence-corrected chi connectivity index (χ1v) is 5.93. The normalized spacial score (nSPS) is 10.8. The summed E-state index contributed by atoms with van der Waals surface area (Å²) in [6.07, 6.45) is 1.00. The van der Waals surface area contributed by atoms with Crippen molar-refractivity contribution in [2.45, 2.75) is 13.3 Å². The lowest BCUT2D eigenvalue weighted by Crippen LogP contribution is -2.11. The third kappa shape index (κ3) is 2.11. The van der Waals surface area contributed by atoms with Gasteiger partial charge in [0.05, 0.1) is 4.88 Å². The van der Waals surface area contributed by atoms with Crippen molar-refractivity contribution in [3.05, 3.63) is 28.8 Å². The largest absolute Gasteiger partial charge is 0.319 e. The van der Waals surface area contributed by atoms with E-state index >= 15 is 0 Å². The van der Waals surface area contributed by atoms with Crippen molar-refractivity contribution < 1.29 is 0 Å². The van der Waals surface area contributed by atoms with E-state index in [2.05, 4.69) is 40.0 Å². The van der Waals surface area contributed by atoms with E-state index in [-0.39, 0.29) is 0 Å². The molecule has 0 aliphatic rings. The second-order valence-electron chi connectivity index (χ2n) is 3.51. The van der Waals surface area contributed by atoms with Gasteiger partial charge in [0.25, 0.3) is 0 Å². The fraction of sp³-hybridized carbons (Fsp3) is 0.364. The number of hydrogen-bond donors (Lipinski definition) is 2. The van der Waals surface area contributed by atoms with Crippen molar-refractivity contribution in [2.24, 2.45) is 0 Å². The van der Waals surface area contributed by atoms with Crippen LogP contribution in [0.4, 0.5) is 0 Å². The number of nitrogens with zero attached hydrogens (tertiary/aromatic N) is 1. The zero-order chi connectivity index (χ0) is 10.7. The van der Waals surface area contributed by atoms with Gasteiger partial charge in [-0.3, -0.25) is 5.10 Å². The molecule has 80 valence electrons. The fourth-order valence-electron chi connectivity index (χ4n) is 1.58. The highest BCUT2D eigenvalue weighted by atomic mass is 32.1. The van der Waals surface area contributed by atoms with Crippen molar-refractivity contribution in [1.29, 1.82) is 0 Å². The number of hydrogen-bond acceptors (Lipinski definition) is 3. The van der Waals surface area contributed by atoms with Gasteiger partial charge in [-0.1, -0.05) is 6.07 Å². The minimum absolute atomic E-state index is 0.979. The Morgan fingerprint density at radius 3 is 3.07 bits per heavy atom. The molecular weight excluding hydrogens is 206 g/mol. The van der Waals surface area contributed by atoms with Gasteiger partial charge < -0.3 is 5.32 Å². The van der Waals surface area contributed by atoms with Crippen LogP contribution < -0.4 is 5.32 Å². The van der Waals surface area contributed by atoms with Gasteiger partial charge in [0.15, 0.2) is 0 Å². The zero-order valence-electron chi connectivity index (χ0n) is 9.00. The SMILES string of the molecule is CNCCc1[nH]nc(-c2cccs2)c1C. The van der Waals surface area contributed by atoms with E-state index < -0.39 is 0 Å². The van der Waals surface area contributed by atoms with E-state index in [4.69, 9.17) is 0 Å². The first kappa shape index (κ1) is 10.4. The maximum absolute atomic E-state index is 4.37. The summed E-state index contributed by atoms with van der Waals surface area (Å²) < 4.78 is 0. The van der Waals surface area contributed by atoms with Crippen LogP contribution in [-0.4, -0.2) is 23.8 Å². The number of thiophene rings is 1. The van der Waals surface area contributed by atoms with Gasteiger partial charge in [-0.05, 0) is 31.0 Å². The summed E-state index contributed by atoms with van der Waals surface area (Å²) in [5.74, 6) is 0. The Morgan fingerprint density at radius 1 is 1.53 bits per heavy atom. The lowest BCUT2D eigenvalue weighted by molar-refractivity contribution is 0.769. The van der Waals surface area contributed by atoms with Crippen molar-refractivity contribution in [2.75, 3.05) is 13.6 Å². The molecule has 0 atom stereocenters. The Labute approximate surface area is 93.5 Å². The summed E-state index contributed by atoms with van der Waals surface area (Å²) in [6, 6.07) is 4.16. The Hall–Kier alpha value is -1.13. The topological polar surface area (TPSA) is 40.7 Å². The highest BCUT2D eigenvalue weighted by molar-refractivity contribution is 7.13. The van der Waals surface area contributed by atoms with E-state index in [1.54, 1.807) is 11.3 Å². The highest BCUT2D eigenvalue weighted by Crippen LogP contribution is 2.27. The van der Waals surface area contributed by atoms with Crippen LogP contribution in [0.5, 0.6) is 0 Å². The van der Waals surface area contributed by atoms with E-state index in [9.17, 15) is 0 Å². The van der Waals surface area contributed by atoms with Crippen LogP contribution in [0.2, 0.25) is 0 Å². The predicted molar refractivity (Wildman–Crippen MR) is 64.3 cm³/mol. The van der Waals surface area contributed by atoms with Crippen LogP contribution in [0.25, 0.3) is 10.6 Å². The summed E-state index contributed by atoms with van der Waals surface area (Å²) >= 11 is 1.73. The Morgan fingerprint density at radius 2 is 2.40 bits per heavy atom. The summed E-state index contributed by atoms with van der Waals surface area (Å²) in [4.78, 5) is 1.24. The number of H-pyrrole nitrogens is 1. The molecule has 0 aliphatic heterocycles. The molecule has 2 aromatic rings. The smallest absolute Gasteiger partial charge is 0.105 e. The third-order valence-electron chi connectivity index (χ3n) is 2.49. The van der Waals surface area contributed by atoms with Crippen LogP contribution in [0.3, 0.4) is 0 Å². The molecule has 0 amide bonds. The molecule has 2 heterocycles. The monoisotopic (exact) mass is 221 g/mol. The molecule has 3 nitrogen and oxygen atoms in total. The molecule has 0 spiro atoms. The van der Waals surface area contributed by atoms with Crippen molar-refractivity contribution in [3.8, 4) is 10.6 Å². The molecule has 0 aliphatic carbocycles. The average molecular weight is 221 g/mol. The average Bonchev–Trinajstić information content (AvgIpc) is 2.84. The Kier molecular flexibility index (Phi) is 3.18. The molecule has 2 aromatic heterocycles. The standard InChI is InChI=1S/C11H15N3S/c1-8-9(5-6-12-2)13-14-11(8)10-4-3-7-15-10/h3-4,7,12H,5-6H2,1-2H3,(H,13,14). The molecule has 0 aromatic carbocycles.